The van der Waals surface area contributed by atoms with Gasteiger partial charge >= 0.3 is 0 Å². The highest BCUT2D eigenvalue weighted by atomic mass is 15.2. The van der Waals surface area contributed by atoms with E-state index < -0.39 is 0 Å². The lowest BCUT2D eigenvalue weighted by Crippen LogP contribution is -1.75. The van der Waals surface area contributed by atoms with Crippen LogP contribution in [0.3, 0.4) is 0 Å². The highest BCUT2D eigenvalue weighted by molar-refractivity contribution is 5.76. The molecule has 0 amide bonds. The van der Waals surface area contributed by atoms with Crippen molar-refractivity contribution in [2.45, 2.75) is 0 Å². The number of aromatic amines is 2. The van der Waals surface area contributed by atoms with Crippen molar-refractivity contribution in [3.05, 3.63) is 59.2 Å². The predicted octanol–water partition coefficient (Wildman–Crippen LogP) is 3.45. The summed E-state index contributed by atoms with van der Waals surface area (Å²) in [4.78, 5) is 15.6. The van der Waals surface area contributed by atoms with E-state index in [9.17, 15) is 0 Å². The molecule has 0 aromatic carbocycles. The summed E-state index contributed by atoms with van der Waals surface area (Å²) in [7, 11) is 0. The van der Waals surface area contributed by atoms with Crippen LogP contribution in [0.25, 0.3) is 46.6 Å². The molecule has 5 rings (SSSR count). The van der Waals surface area contributed by atoms with Gasteiger partial charge in [0.2, 0.25) is 0 Å². The van der Waals surface area contributed by atoms with Crippen LogP contribution in [0.1, 0.15) is 22.8 Å². The second-order valence-electron chi connectivity index (χ2n) is 5.63. The van der Waals surface area contributed by atoms with Crippen molar-refractivity contribution in [1.82, 2.24) is 30.1 Å². The van der Waals surface area contributed by atoms with Gasteiger partial charge in [0, 0.05) is 23.2 Å². The third-order valence-electron chi connectivity index (χ3n) is 3.79. The molecule has 3 aromatic heterocycles. The van der Waals surface area contributed by atoms with Crippen LogP contribution in [0.2, 0.25) is 0 Å². The maximum absolute atomic E-state index is 4.57. The van der Waals surface area contributed by atoms with E-state index in [1.165, 1.54) is 0 Å². The van der Waals surface area contributed by atoms with Gasteiger partial charge in [-0.2, -0.15) is 0 Å². The number of nitrogens with one attached hydrogen (secondary N) is 2. The van der Waals surface area contributed by atoms with Crippen LogP contribution in [0.15, 0.2) is 36.4 Å². The van der Waals surface area contributed by atoms with Crippen LogP contribution in [0.5, 0.6) is 0 Å². The number of aromatic nitrogens is 6. The molecule has 0 saturated heterocycles. The maximum atomic E-state index is 4.57. The Hall–Kier alpha value is -3.54. The number of nitrogens with zero attached hydrogens (tertiary/aromatic N) is 4. The lowest BCUT2D eigenvalue weighted by molar-refractivity contribution is 1.15. The zero-order chi connectivity index (χ0) is 15.9. The standard InChI is InChI=1S/C18H12N6/c1-2-12-8-14-4-6-16(21-14)10-18-22-17(23-24-18)9-15-5-3-13(20-15)7-11(1)19-12/h1-10,19H,(H,22,23,24). The minimum atomic E-state index is 0.665. The molecule has 3 aromatic rings. The van der Waals surface area contributed by atoms with E-state index in [-0.39, 0.29) is 0 Å². The first-order valence-electron chi connectivity index (χ1n) is 7.58. The van der Waals surface area contributed by atoms with E-state index in [0.717, 1.165) is 33.8 Å². The molecule has 5 heterocycles. The Balaban J connectivity index is 1.85. The summed E-state index contributed by atoms with van der Waals surface area (Å²) in [5, 5.41) is 8.26. The number of hydrogen-bond acceptors (Lipinski definition) is 4. The van der Waals surface area contributed by atoms with Crippen molar-refractivity contribution in [3.8, 4) is 0 Å². The lowest BCUT2D eigenvalue weighted by Gasteiger charge is -1.84. The fraction of sp³-hybridized carbons (Fsp3) is 0. The average molecular weight is 312 g/mol. The first-order chi connectivity index (χ1) is 11.8. The molecular formula is C18H12N6. The van der Waals surface area contributed by atoms with Gasteiger partial charge in [-0.1, -0.05) is 0 Å². The molecule has 0 fully saturated rings. The van der Waals surface area contributed by atoms with E-state index in [1.807, 2.05) is 60.7 Å². The number of hydrogen-bond donors (Lipinski definition) is 2. The third-order valence-corrected chi connectivity index (χ3v) is 3.79. The molecule has 0 spiro atoms. The molecule has 114 valence electrons. The van der Waals surface area contributed by atoms with Crippen LogP contribution in [-0.2, 0) is 0 Å². The topological polar surface area (TPSA) is 83.1 Å². The number of H-pyrrole nitrogens is 2. The Morgan fingerprint density at radius 2 is 1.00 bits per heavy atom. The Bertz CT molecular complexity index is 988. The van der Waals surface area contributed by atoms with Gasteiger partial charge < -0.3 is 9.97 Å². The molecule has 2 N–H and O–H groups in total. The largest absolute Gasteiger partial charge is 0.355 e. The molecule has 2 aliphatic rings. The van der Waals surface area contributed by atoms with E-state index >= 15 is 0 Å². The molecule has 6 nitrogen and oxygen atoms in total. The van der Waals surface area contributed by atoms with Crippen molar-refractivity contribution in [2.75, 3.05) is 0 Å². The molecule has 0 saturated carbocycles. The fourth-order valence-electron chi connectivity index (χ4n) is 2.73. The monoisotopic (exact) mass is 312 g/mol. The van der Waals surface area contributed by atoms with E-state index in [0.29, 0.717) is 11.3 Å². The molecule has 0 radical (unpaired) electrons. The Morgan fingerprint density at radius 1 is 0.542 bits per heavy atom. The lowest BCUT2D eigenvalue weighted by atomic mass is 10.3. The maximum Gasteiger partial charge on any atom is 0.156 e. The van der Waals surface area contributed by atoms with E-state index in [1.54, 1.807) is 0 Å². The van der Waals surface area contributed by atoms with Crippen LogP contribution in [-0.4, -0.2) is 30.1 Å². The van der Waals surface area contributed by atoms with Crippen molar-refractivity contribution in [1.29, 1.82) is 0 Å². The van der Waals surface area contributed by atoms with Crippen LogP contribution in [0.4, 0.5) is 0 Å². The molecular weight excluding hydrogens is 300 g/mol. The minimum absolute atomic E-state index is 0.665. The van der Waals surface area contributed by atoms with Gasteiger partial charge in [-0.3, -0.25) is 0 Å². The van der Waals surface area contributed by atoms with Gasteiger partial charge in [0.25, 0.3) is 0 Å². The van der Waals surface area contributed by atoms with Gasteiger partial charge in [-0.15, -0.1) is 10.2 Å². The van der Waals surface area contributed by atoms with Crippen LogP contribution in [0, 0.1) is 0 Å². The molecule has 8 bridgehead atoms. The normalized spacial score (nSPS) is 12.7. The SMILES string of the molecule is C1=Cc2cc3nnc(cc4nc(cc5ccc(cc1n2)[nH]5)C=C4)[nH]3. The Kier molecular flexibility index (Phi) is 2.69. The quantitative estimate of drug-likeness (QED) is 0.459. The van der Waals surface area contributed by atoms with Crippen LogP contribution < -0.4 is 0 Å². The Morgan fingerprint density at radius 3 is 1.50 bits per heavy atom. The molecule has 24 heavy (non-hydrogen) atoms. The second kappa shape index (κ2) is 4.99. The zero-order valence-electron chi connectivity index (χ0n) is 12.6. The highest BCUT2D eigenvalue weighted by Gasteiger charge is 2.01. The van der Waals surface area contributed by atoms with Gasteiger partial charge in [0.1, 0.15) is 0 Å². The smallest absolute Gasteiger partial charge is 0.156 e. The molecule has 6 heteroatoms. The van der Waals surface area contributed by atoms with Gasteiger partial charge in [0.05, 0.1) is 22.8 Å². The highest BCUT2D eigenvalue weighted by Crippen LogP contribution is 2.15. The summed E-state index contributed by atoms with van der Waals surface area (Å²) in [6.45, 7) is 0. The van der Waals surface area contributed by atoms with E-state index in [2.05, 4.69) is 30.1 Å². The first kappa shape index (κ1) is 13.0. The first-order valence-corrected chi connectivity index (χ1v) is 7.58. The summed E-state index contributed by atoms with van der Waals surface area (Å²) < 4.78 is 0. The van der Waals surface area contributed by atoms with Crippen molar-refractivity contribution in [3.63, 3.8) is 0 Å². The minimum Gasteiger partial charge on any atom is -0.355 e. The second-order valence-corrected chi connectivity index (χ2v) is 5.63. The zero-order valence-corrected chi connectivity index (χ0v) is 12.6. The third kappa shape index (κ3) is 2.40. The Labute approximate surface area is 136 Å². The number of rotatable bonds is 0. The van der Waals surface area contributed by atoms with Crippen molar-refractivity contribution < 1.29 is 0 Å². The number of fused-ring (bicyclic) bond motifs is 8. The molecule has 0 atom stereocenters. The fourth-order valence-corrected chi connectivity index (χ4v) is 2.73. The summed E-state index contributed by atoms with van der Waals surface area (Å²) in [6.07, 6.45) is 7.86. The predicted molar refractivity (Wildman–Crippen MR) is 94.4 cm³/mol. The summed E-state index contributed by atoms with van der Waals surface area (Å²) in [6, 6.07) is 11.8. The summed E-state index contributed by atoms with van der Waals surface area (Å²) in [5.74, 6) is 0. The summed E-state index contributed by atoms with van der Waals surface area (Å²) >= 11 is 0. The molecule has 0 unspecified atom stereocenters. The van der Waals surface area contributed by atoms with Crippen LogP contribution >= 0.6 is 0 Å². The molecule has 0 aliphatic carbocycles. The van der Waals surface area contributed by atoms with Gasteiger partial charge in [-0.25, -0.2) is 9.97 Å². The van der Waals surface area contributed by atoms with Crippen molar-refractivity contribution >= 4 is 46.6 Å². The molecule has 2 aliphatic heterocycles. The van der Waals surface area contributed by atoms with Gasteiger partial charge in [0.15, 0.2) is 11.3 Å². The summed E-state index contributed by atoms with van der Waals surface area (Å²) in [5.41, 5.74) is 6.78. The average Bonchev–Trinajstić information content (AvgIpc) is 3.32. The van der Waals surface area contributed by atoms with Gasteiger partial charge in [-0.05, 0) is 48.6 Å². The van der Waals surface area contributed by atoms with Crippen molar-refractivity contribution in [2.24, 2.45) is 0 Å². The van der Waals surface area contributed by atoms with E-state index in [4.69, 9.17) is 0 Å².